The fourth-order valence-corrected chi connectivity index (χ4v) is 2.18. The average molecular weight is 256 g/mol. The minimum Gasteiger partial charge on any atom is -0.384 e. The summed E-state index contributed by atoms with van der Waals surface area (Å²) in [5.74, 6) is 0. The van der Waals surface area contributed by atoms with Crippen LogP contribution in [-0.4, -0.2) is 15.3 Å². The lowest BCUT2D eigenvalue weighted by atomic mass is 9.98. The van der Waals surface area contributed by atoms with Crippen molar-refractivity contribution in [1.29, 1.82) is 0 Å². The van der Waals surface area contributed by atoms with Crippen LogP contribution < -0.4 is 0 Å². The molecular weight excluding hydrogens is 236 g/mol. The Kier molecular flexibility index (Phi) is 4.27. The molecule has 0 amide bonds. The Labute approximate surface area is 114 Å². The number of aliphatic hydroxyl groups excluding tert-OH is 1. The summed E-state index contributed by atoms with van der Waals surface area (Å²) in [5.41, 5.74) is 4.63. The zero-order valence-corrected chi connectivity index (χ0v) is 11.7. The Hall–Kier alpha value is -1.74. The van der Waals surface area contributed by atoms with Crippen molar-refractivity contribution in [2.75, 3.05) is 0 Å². The fourth-order valence-electron chi connectivity index (χ4n) is 2.18. The largest absolute Gasteiger partial charge is 0.384 e. The van der Waals surface area contributed by atoms with Gasteiger partial charge in [-0.3, -0.25) is 0 Å². The summed E-state index contributed by atoms with van der Waals surface area (Å²) in [6.07, 6.45) is 1.57. The molecule has 100 valence electrons. The lowest BCUT2D eigenvalue weighted by Gasteiger charge is -2.14. The summed E-state index contributed by atoms with van der Waals surface area (Å²) in [7, 11) is 0. The van der Waals surface area contributed by atoms with Gasteiger partial charge in [-0.15, -0.1) is 0 Å². The number of aryl methyl sites for hydroxylation is 3. The van der Waals surface area contributed by atoms with Crippen molar-refractivity contribution in [2.45, 2.75) is 39.7 Å². The summed E-state index contributed by atoms with van der Waals surface area (Å²) in [4.78, 5) is 0. The molecule has 0 saturated heterocycles. The van der Waals surface area contributed by atoms with E-state index in [1.807, 2.05) is 32.0 Å². The van der Waals surface area contributed by atoms with Crippen LogP contribution in [0.5, 0.6) is 0 Å². The third kappa shape index (κ3) is 3.18. The summed E-state index contributed by atoms with van der Waals surface area (Å²) >= 11 is 0. The van der Waals surface area contributed by atoms with Crippen LogP contribution >= 0.6 is 0 Å². The highest BCUT2D eigenvalue weighted by Gasteiger charge is 2.14. The van der Waals surface area contributed by atoms with Gasteiger partial charge < -0.3 is 5.11 Å². The molecule has 19 heavy (non-hydrogen) atoms. The molecule has 0 saturated carbocycles. The molecule has 0 aliphatic heterocycles. The van der Waals surface area contributed by atoms with Crippen molar-refractivity contribution in [2.24, 2.45) is 0 Å². The quantitative estimate of drug-likeness (QED) is 0.914. The zero-order valence-electron chi connectivity index (χ0n) is 11.7. The first-order chi connectivity index (χ1) is 9.11. The van der Waals surface area contributed by atoms with E-state index in [4.69, 9.17) is 0 Å². The molecule has 0 aliphatic rings. The summed E-state index contributed by atoms with van der Waals surface area (Å²) in [5, 5.41) is 18.5. The van der Waals surface area contributed by atoms with E-state index in [1.165, 1.54) is 5.56 Å². The zero-order chi connectivity index (χ0) is 13.8. The number of hydrogen-bond acceptors (Lipinski definition) is 3. The summed E-state index contributed by atoms with van der Waals surface area (Å²) in [6.45, 7) is 5.92. The van der Waals surface area contributed by atoms with Crippen molar-refractivity contribution < 1.29 is 5.11 Å². The van der Waals surface area contributed by atoms with Crippen molar-refractivity contribution >= 4 is 0 Å². The van der Waals surface area contributed by atoms with Crippen LogP contribution in [0.25, 0.3) is 0 Å². The highest BCUT2D eigenvalue weighted by atomic mass is 16.3. The van der Waals surface area contributed by atoms with Crippen LogP contribution in [0.4, 0.5) is 0 Å². The van der Waals surface area contributed by atoms with Crippen molar-refractivity contribution in [3.05, 3.63) is 58.4 Å². The lowest BCUT2D eigenvalue weighted by Crippen LogP contribution is -2.05. The summed E-state index contributed by atoms with van der Waals surface area (Å²) in [6, 6.07) is 10.0. The highest BCUT2D eigenvalue weighted by molar-refractivity contribution is 5.33. The molecule has 1 N–H and O–H groups in total. The van der Waals surface area contributed by atoms with E-state index >= 15 is 0 Å². The van der Waals surface area contributed by atoms with E-state index < -0.39 is 6.10 Å². The van der Waals surface area contributed by atoms with Crippen LogP contribution in [0, 0.1) is 13.8 Å². The van der Waals surface area contributed by atoms with E-state index in [0.29, 0.717) is 0 Å². The number of hydrogen-bond donors (Lipinski definition) is 1. The maximum absolute atomic E-state index is 10.5. The molecule has 0 bridgehead atoms. The Bertz CT molecular complexity index is 549. The third-order valence-corrected chi connectivity index (χ3v) is 3.27. The number of aromatic nitrogens is 2. The second-order valence-corrected chi connectivity index (χ2v) is 4.92. The number of rotatable bonds is 4. The first kappa shape index (κ1) is 13.7. The van der Waals surface area contributed by atoms with Crippen LogP contribution in [0.2, 0.25) is 0 Å². The van der Waals surface area contributed by atoms with Crippen molar-refractivity contribution in [1.82, 2.24) is 10.2 Å². The second-order valence-electron chi connectivity index (χ2n) is 4.92. The Morgan fingerprint density at radius 2 is 1.79 bits per heavy atom. The van der Waals surface area contributed by atoms with E-state index in [-0.39, 0.29) is 0 Å². The lowest BCUT2D eigenvalue weighted by molar-refractivity contribution is 0.218. The van der Waals surface area contributed by atoms with Crippen LogP contribution in [-0.2, 0) is 6.42 Å². The third-order valence-electron chi connectivity index (χ3n) is 3.27. The van der Waals surface area contributed by atoms with Gasteiger partial charge in [-0.2, -0.15) is 10.2 Å². The molecule has 0 radical (unpaired) electrons. The van der Waals surface area contributed by atoms with E-state index in [0.717, 1.165) is 35.4 Å². The van der Waals surface area contributed by atoms with Gasteiger partial charge in [-0.1, -0.05) is 37.6 Å². The molecule has 2 rings (SSSR count). The predicted octanol–water partition coefficient (Wildman–Crippen LogP) is 3.13. The van der Waals surface area contributed by atoms with Crippen molar-refractivity contribution in [3.8, 4) is 0 Å². The minimum absolute atomic E-state index is 0.634. The molecule has 2 aromatic rings. The maximum Gasteiger partial charge on any atom is 0.106 e. The molecule has 1 heterocycles. The number of aliphatic hydroxyl groups is 1. The molecule has 1 aromatic carbocycles. The average Bonchev–Trinajstić information content (AvgIpc) is 2.42. The number of benzene rings is 1. The molecule has 0 spiro atoms. The van der Waals surface area contributed by atoms with Gasteiger partial charge in [0.1, 0.15) is 6.10 Å². The van der Waals surface area contributed by atoms with Crippen LogP contribution in [0.3, 0.4) is 0 Å². The molecule has 3 heteroatoms. The standard InChI is InChI=1S/C16H20N2O/c1-4-5-13-6-8-14(9-7-13)16(19)15-10-11(2)17-18-12(15)3/h6-10,16,19H,4-5H2,1-3H3. The Morgan fingerprint density at radius 1 is 1.11 bits per heavy atom. The highest BCUT2D eigenvalue weighted by Crippen LogP contribution is 2.24. The monoisotopic (exact) mass is 256 g/mol. The van der Waals surface area contributed by atoms with Gasteiger partial charge in [0.2, 0.25) is 0 Å². The molecule has 1 aromatic heterocycles. The van der Waals surface area contributed by atoms with Gasteiger partial charge >= 0.3 is 0 Å². The van der Waals surface area contributed by atoms with Gasteiger partial charge in [0.05, 0.1) is 11.4 Å². The smallest absolute Gasteiger partial charge is 0.106 e. The molecule has 1 unspecified atom stereocenters. The molecule has 0 aliphatic carbocycles. The number of nitrogens with zero attached hydrogens (tertiary/aromatic N) is 2. The van der Waals surface area contributed by atoms with Gasteiger partial charge in [-0.05, 0) is 37.5 Å². The predicted molar refractivity (Wildman–Crippen MR) is 76.0 cm³/mol. The normalized spacial score (nSPS) is 12.4. The van der Waals surface area contributed by atoms with Crippen LogP contribution in [0.1, 0.15) is 47.5 Å². The minimum atomic E-state index is -0.634. The first-order valence-corrected chi connectivity index (χ1v) is 6.69. The van der Waals surface area contributed by atoms with Gasteiger partial charge in [0.15, 0.2) is 0 Å². The maximum atomic E-state index is 10.5. The van der Waals surface area contributed by atoms with E-state index in [9.17, 15) is 5.11 Å². The Morgan fingerprint density at radius 3 is 2.42 bits per heavy atom. The topological polar surface area (TPSA) is 46.0 Å². The van der Waals surface area contributed by atoms with Gasteiger partial charge in [0.25, 0.3) is 0 Å². The summed E-state index contributed by atoms with van der Waals surface area (Å²) < 4.78 is 0. The van der Waals surface area contributed by atoms with E-state index in [1.54, 1.807) is 0 Å². The molecule has 1 atom stereocenters. The van der Waals surface area contributed by atoms with Gasteiger partial charge in [0, 0.05) is 5.56 Å². The molecule has 0 fully saturated rings. The Balaban J connectivity index is 2.27. The first-order valence-electron chi connectivity index (χ1n) is 6.69. The second kappa shape index (κ2) is 5.93. The SMILES string of the molecule is CCCc1ccc(C(O)c2cc(C)nnc2C)cc1. The van der Waals surface area contributed by atoms with E-state index in [2.05, 4.69) is 29.3 Å². The van der Waals surface area contributed by atoms with Crippen LogP contribution in [0.15, 0.2) is 30.3 Å². The fraction of sp³-hybridized carbons (Fsp3) is 0.375. The van der Waals surface area contributed by atoms with Gasteiger partial charge in [-0.25, -0.2) is 0 Å². The van der Waals surface area contributed by atoms with Crippen molar-refractivity contribution in [3.63, 3.8) is 0 Å². The molecule has 3 nitrogen and oxygen atoms in total. The molecular formula is C16H20N2O.